The highest BCUT2D eigenvalue weighted by Crippen LogP contribution is 2.31. The van der Waals surface area contributed by atoms with Crippen LogP contribution >= 0.6 is 0 Å². The number of amides is 1. The summed E-state index contributed by atoms with van der Waals surface area (Å²) >= 11 is 0. The van der Waals surface area contributed by atoms with Crippen LogP contribution in [0.4, 0.5) is 10.5 Å². The number of nitrogens with one attached hydrogen (secondary N) is 2. The summed E-state index contributed by atoms with van der Waals surface area (Å²) in [4.78, 5) is 14.2. The minimum absolute atomic E-state index is 0.226. The quantitative estimate of drug-likeness (QED) is 0.499. The van der Waals surface area contributed by atoms with E-state index in [1.165, 1.54) is 28.0 Å². The van der Waals surface area contributed by atoms with Gasteiger partial charge in [0.05, 0.1) is 0 Å². The van der Waals surface area contributed by atoms with Crippen LogP contribution in [-0.4, -0.2) is 42.3 Å². The van der Waals surface area contributed by atoms with E-state index < -0.39 is 5.60 Å². The molecule has 4 N–H and O–H groups in total. The molecule has 1 aliphatic heterocycles. The monoisotopic (exact) mass is 452 g/mol. The second-order valence-corrected chi connectivity index (χ2v) is 10.2. The average molecular weight is 453 g/mol. The van der Waals surface area contributed by atoms with Gasteiger partial charge in [0, 0.05) is 42.8 Å². The number of nitrogens with two attached hydrogens (primary N) is 1. The summed E-state index contributed by atoms with van der Waals surface area (Å²) in [7, 11) is 0. The van der Waals surface area contributed by atoms with E-state index in [4.69, 9.17) is 10.5 Å². The normalized spacial score (nSPS) is 17.8. The molecule has 6 heteroatoms. The lowest BCUT2D eigenvalue weighted by Crippen LogP contribution is -2.46. The van der Waals surface area contributed by atoms with Crippen molar-refractivity contribution in [2.24, 2.45) is 5.73 Å². The number of carbonyl (C=O) groups excluding carboxylic acids is 1. The zero-order chi connectivity index (χ0) is 24.2. The maximum atomic E-state index is 12.4. The van der Waals surface area contributed by atoms with E-state index in [0.29, 0.717) is 13.1 Å². The second-order valence-electron chi connectivity index (χ2n) is 10.2. The molecule has 1 aromatic rings. The molecule has 0 atom stereocenters. The Balaban J connectivity index is 1.71. The fourth-order valence-corrected chi connectivity index (χ4v) is 4.15. The van der Waals surface area contributed by atoms with Crippen LogP contribution in [0.3, 0.4) is 0 Å². The number of anilines is 1. The SMILES string of the molecule is C/C(N)=C/C(NC1CCN(C(=O)OC(C)(C)C)CC1)=C(/CNc1c(C)cccc1C)C1=CC1. The van der Waals surface area contributed by atoms with Crippen LogP contribution in [0.2, 0.25) is 0 Å². The second kappa shape index (κ2) is 10.4. The van der Waals surface area contributed by atoms with Crippen molar-refractivity contribution >= 4 is 11.8 Å². The predicted octanol–water partition coefficient (Wildman–Crippen LogP) is 5.15. The Kier molecular flexibility index (Phi) is 7.77. The lowest BCUT2D eigenvalue weighted by molar-refractivity contribution is 0.0201. The molecule has 1 aliphatic carbocycles. The summed E-state index contributed by atoms with van der Waals surface area (Å²) in [5, 5.41) is 7.40. The molecule has 1 saturated heterocycles. The highest BCUT2D eigenvalue weighted by Gasteiger charge is 2.28. The van der Waals surface area contributed by atoms with Crippen LogP contribution in [0.1, 0.15) is 58.1 Å². The van der Waals surface area contributed by atoms with Gasteiger partial charge in [0.15, 0.2) is 0 Å². The fraction of sp³-hybridized carbons (Fsp3) is 0.519. The molecule has 1 aromatic carbocycles. The summed E-state index contributed by atoms with van der Waals surface area (Å²) < 4.78 is 5.53. The van der Waals surface area contributed by atoms with E-state index in [1.54, 1.807) is 0 Å². The fourth-order valence-electron chi connectivity index (χ4n) is 4.15. The first-order chi connectivity index (χ1) is 15.5. The van der Waals surface area contributed by atoms with Crippen molar-refractivity contribution in [3.63, 3.8) is 0 Å². The van der Waals surface area contributed by atoms with E-state index in [9.17, 15) is 4.79 Å². The molecule has 0 unspecified atom stereocenters. The van der Waals surface area contributed by atoms with Crippen molar-refractivity contribution < 1.29 is 9.53 Å². The molecule has 1 amide bonds. The lowest BCUT2D eigenvalue weighted by atomic mass is 10.0. The van der Waals surface area contributed by atoms with Crippen LogP contribution in [-0.2, 0) is 4.74 Å². The zero-order valence-corrected chi connectivity index (χ0v) is 21.0. The Bertz CT molecular complexity index is 937. The molecule has 180 valence electrons. The Morgan fingerprint density at radius 1 is 1.21 bits per heavy atom. The smallest absolute Gasteiger partial charge is 0.410 e. The molecule has 0 aromatic heterocycles. The molecule has 33 heavy (non-hydrogen) atoms. The molecule has 1 fully saturated rings. The van der Waals surface area contributed by atoms with Crippen LogP contribution in [0.5, 0.6) is 0 Å². The van der Waals surface area contributed by atoms with Gasteiger partial charge in [-0.05, 0) is 89.2 Å². The predicted molar refractivity (Wildman–Crippen MR) is 136 cm³/mol. The Morgan fingerprint density at radius 2 is 1.82 bits per heavy atom. The van der Waals surface area contributed by atoms with Crippen molar-refractivity contribution in [3.05, 3.63) is 64.0 Å². The van der Waals surface area contributed by atoms with E-state index >= 15 is 0 Å². The molecular weight excluding hydrogens is 412 g/mol. The van der Waals surface area contributed by atoms with Crippen LogP contribution in [0.15, 0.2) is 52.9 Å². The number of benzene rings is 1. The first kappa shape index (κ1) is 24.7. The Labute approximate surface area is 198 Å². The number of piperidine rings is 1. The number of allylic oxidation sites excluding steroid dienone is 3. The van der Waals surface area contributed by atoms with Crippen molar-refractivity contribution in [1.29, 1.82) is 0 Å². The first-order valence-corrected chi connectivity index (χ1v) is 11.9. The molecule has 2 aliphatic rings. The first-order valence-electron chi connectivity index (χ1n) is 11.9. The molecule has 1 heterocycles. The van der Waals surface area contributed by atoms with E-state index in [1.807, 2.05) is 38.7 Å². The van der Waals surface area contributed by atoms with Gasteiger partial charge in [-0.15, -0.1) is 0 Å². The number of hydrogen-bond acceptors (Lipinski definition) is 5. The number of likely N-dealkylation sites (tertiary alicyclic amines) is 1. The third kappa shape index (κ3) is 7.31. The summed E-state index contributed by atoms with van der Waals surface area (Å²) in [5.74, 6) is 0. The zero-order valence-electron chi connectivity index (χ0n) is 21.0. The van der Waals surface area contributed by atoms with E-state index in [0.717, 1.165) is 37.2 Å². The number of aryl methyl sites for hydroxylation is 2. The molecule has 0 bridgehead atoms. The molecular formula is C27H40N4O2. The number of carbonyl (C=O) groups is 1. The van der Waals surface area contributed by atoms with Crippen molar-refractivity contribution in [2.75, 3.05) is 25.0 Å². The van der Waals surface area contributed by atoms with Crippen LogP contribution in [0.25, 0.3) is 0 Å². The summed E-state index contributed by atoms with van der Waals surface area (Å²) in [6.45, 7) is 14.0. The van der Waals surface area contributed by atoms with Gasteiger partial charge in [-0.1, -0.05) is 24.3 Å². The Morgan fingerprint density at radius 3 is 2.33 bits per heavy atom. The Hall–Kier alpha value is -2.89. The van der Waals surface area contributed by atoms with E-state index in [2.05, 4.69) is 48.8 Å². The third-order valence-corrected chi connectivity index (χ3v) is 5.92. The minimum atomic E-state index is -0.471. The third-order valence-electron chi connectivity index (χ3n) is 5.92. The topological polar surface area (TPSA) is 79.6 Å². The lowest BCUT2D eigenvalue weighted by Gasteiger charge is -2.34. The number of hydrogen-bond donors (Lipinski definition) is 3. The maximum absolute atomic E-state index is 12.4. The molecule has 0 radical (unpaired) electrons. The maximum Gasteiger partial charge on any atom is 0.410 e. The molecule has 0 saturated carbocycles. The molecule has 6 nitrogen and oxygen atoms in total. The summed E-state index contributed by atoms with van der Waals surface area (Å²) in [5.41, 5.74) is 13.8. The standard InChI is InChI=1S/C27H40N4O2/c1-18-8-7-9-19(2)25(18)29-17-23(21-10-11-21)24(16-20(3)28)30-22-12-14-31(15-13-22)26(32)33-27(4,5)6/h7-10,16,22,29-30H,11-15,17,28H2,1-6H3/b20-16-,24-23+. The average Bonchev–Trinajstić information content (AvgIpc) is 3.54. The van der Waals surface area contributed by atoms with Crippen molar-refractivity contribution in [2.45, 2.75) is 72.4 Å². The number of para-hydroxylation sites is 1. The van der Waals surface area contributed by atoms with Gasteiger partial charge in [-0.25, -0.2) is 4.79 Å². The highest BCUT2D eigenvalue weighted by atomic mass is 16.6. The van der Waals surface area contributed by atoms with Gasteiger partial charge in [-0.3, -0.25) is 0 Å². The van der Waals surface area contributed by atoms with Crippen molar-refractivity contribution in [1.82, 2.24) is 10.2 Å². The van der Waals surface area contributed by atoms with Gasteiger partial charge in [0.25, 0.3) is 0 Å². The number of nitrogens with zero attached hydrogens (tertiary/aromatic N) is 1. The van der Waals surface area contributed by atoms with Gasteiger partial charge in [-0.2, -0.15) is 0 Å². The molecule has 0 spiro atoms. The van der Waals surface area contributed by atoms with E-state index in [-0.39, 0.29) is 12.1 Å². The van der Waals surface area contributed by atoms with Gasteiger partial charge >= 0.3 is 6.09 Å². The van der Waals surface area contributed by atoms with Gasteiger partial charge in [0.1, 0.15) is 5.60 Å². The summed E-state index contributed by atoms with van der Waals surface area (Å²) in [6.07, 6.45) is 6.84. The van der Waals surface area contributed by atoms with Gasteiger partial charge in [0.2, 0.25) is 0 Å². The minimum Gasteiger partial charge on any atom is -0.444 e. The van der Waals surface area contributed by atoms with Gasteiger partial charge < -0.3 is 26.0 Å². The number of rotatable bonds is 7. The largest absolute Gasteiger partial charge is 0.444 e. The van der Waals surface area contributed by atoms with Crippen LogP contribution in [0, 0.1) is 13.8 Å². The van der Waals surface area contributed by atoms with Crippen LogP contribution < -0.4 is 16.4 Å². The molecule has 3 rings (SSSR count). The van der Waals surface area contributed by atoms with Crippen molar-refractivity contribution in [3.8, 4) is 0 Å². The highest BCUT2D eigenvalue weighted by molar-refractivity contribution is 5.68. The number of ether oxygens (including phenoxy) is 1. The summed E-state index contributed by atoms with van der Waals surface area (Å²) in [6, 6.07) is 6.64.